The molecular formula is C25H25N3O4S. The molecule has 4 rings (SSSR count). The Kier molecular flexibility index (Phi) is 6.86. The van der Waals surface area contributed by atoms with Crippen LogP contribution < -0.4 is 14.9 Å². The fourth-order valence-electron chi connectivity index (χ4n) is 3.66. The van der Waals surface area contributed by atoms with Crippen molar-refractivity contribution in [3.63, 3.8) is 0 Å². The average Bonchev–Trinajstić information content (AvgIpc) is 3.28. The number of carbonyl (C=O) groups is 2. The summed E-state index contributed by atoms with van der Waals surface area (Å²) in [5.41, 5.74) is 2.84. The van der Waals surface area contributed by atoms with Gasteiger partial charge in [-0.3, -0.25) is 9.59 Å². The molecule has 3 aromatic carbocycles. The van der Waals surface area contributed by atoms with Crippen LogP contribution in [-0.2, 0) is 27.9 Å². The molecule has 0 aromatic heterocycles. The average molecular weight is 464 g/mol. The zero-order valence-corrected chi connectivity index (χ0v) is 18.8. The number of benzene rings is 3. The number of amides is 2. The van der Waals surface area contributed by atoms with E-state index in [1.807, 2.05) is 54.6 Å². The molecule has 8 heteroatoms. The molecule has 1 aliphatic rings. The maximum absolute atomic E-state index is 12.7. The number of rotatable bonds is 8. The van der Waals surface area contributed by atoms with E-state index < -0.39 is 10.0 Å². The Bertz CT molecular complexity index is 1240. The summed E-state index contributed by atoms with van der Waals surface area (Å²) in [6.07, 6.45) is 1.45. The molecule has 1 heterocycles. The Labute approximate surface area is 193 Å². The van der Waals surface area contributed by atoms with Crippen LogP contribution in [0, 0.1) is 0 Å². The fourth-order valence-corrected chi connectivity index (χ4v) is 4.72. The lowest BCUT2D eigenvalue weighted by atomic mass is 10.1. The smallest absolute Gasteiger partial charge is 0.251 e. The topological polar surface area (TPSA) is 95.6 Å². The van der Waals surface area contributed by atoms with E-state index in [0.717, 1.165) is 29.8 Å². The Morgan fingerprint density at radius 3 is 2.30 bits per heavy atom. The van der Waals surface area contributed by atoms with E-state index in [1.165, 1.54) is 12.1 Å². The second kappa shape index (κ2) is 9.97. The van der Waals surface area contributed by atoms with Crippen LogP contribution in [0.3, 0.4) is 0 Å². The molecule has 0 aliphatic carbocycles. The maximum Gasteiger partial charge on any atom is 0.251 e. The van der Waals surface area contributed by atoms with E-state index >= 15 is 0 Å². The number of hydrogen-bond donors (Lipinski definition) is 2. The highest BCUT2D eigenvalue weighted by atomic mass is 32.2. The molecule has 1 aliphatic heterocycles. The van der Waals surface area contributed by atoms with E-state index in [9.17, 15) is 18.0 Å². The molecule has 1 fully saturated rings. The van der Waals surface area contributed by atoms with Gasteiger partial charge in [0.15, 0.2) is 0 Å². The SMILES string of the molecule is O=C(NCc1ccc(N2CCCC2=O)cc1)c1cccc(S(=O)(=O)NCc2ccccc2)c1. The second-order valence-corrected chi connectivity index (χ2v) is 9.60. The molecule has 0 atom stereocenters. The first-order chi connectivity index (χ1) is 15.9. The standard InChI is InChI=1S/C25H25N3O4S/c29-24-10-5-15-28(24)22-13-11-20(12-14-22)17-26-25(30)21-8-4-9-23(16-21)33(31,32)27-18-19-6-2-1-3-7-19/h1-4,6-9,11-14,16,27H,5,10,15,17-18H2,(H,26,30). The Morgan fingerprint density at radius 1 is 0.879 bits per heavy atom. The Balaban J connectivity index is 1.37. The lowest BCUT2D eigenvalue weighted by Crippen LogP contribution is -2.25. The second-order valence-electron chi connectivity index (χ2n) is 7.84. The third kappa shape index (κ3) is 5.66. The predicted octanol–water partition coefficient (Wildman–Crippen LogP) is 3.22. The van der Waals surface area contributed by atoms with Crippen LogP contribution in [0.25, 0.3) is 0 Å². The molecule has 0 unspecified atom stereocenters. The number of nitrogens with zero attached hydrogens (tertiary/aromatic N) is 1. The van der Waals surface area contributed by atoms with Gasteiger partial charge >= 0.3 is 0 Å². The highest BCUT2D eigenvalue weighted by molar-refractivity contribution is 7.89. The van der Waals surface area contributed by atoms with Crippen LogP contribution in [0.1, 0.15) is 34.3 Å². The van der Waals surface area contributed by atoms with Gasteiger partial charge in [-0.05, 0) is 47.9 Å². The highest BCUT2D eigenvalue weighted by Gasteiger charge is 2.21. The monoisotopic (exact) mass is 463 g/mol. The molecule has 3 aromatic rings. The highest BCUT2D eigenvalue weighted by Crippen LogP contribution is 2.21. The summed E-state index contributed by atoms with van der Waals surface area (Å²) in [6, 6.07) is 22.7. The minimum Gasteiger partial charge on any atom is -0.348 e. The molecule has 33 heavy (non-hydrogen) atoms. The summed E-state index contributed by atoms with van der Waals surface area (Å²) >= 11 is 0. The Morgan fingerprint density at radius 2 is 1.61 bits per heavy atom. The van der Waals surface area contributed by atoms with E-state index in [-0.39, 0.29) is 35.4 Å². The van der Waals surface area contributed by atoms with Crippen LogP contribution in [0.15, 0.2) is 83.8 Å². The van der Waals surface area contributed by atoms with Gasteiger partial charge in [-0.2, -0.15) is 0 Å². The van der Waals surface area contributed by atoms with Crippen LogP contribution >= 0.6 is 0 Å². The van der Waals surface area contributed by atoms with Gasteiger partial charge in [0.1, 0.15) is 0 Å². The summed E-state index contributed by atoms with van der Waals surface area (Å²) in [5.74, 6) is -0.238. The van der Waals surface area contributed by atoms with Crippen molar-refractivity contribution in [3.8, 4) is 0 Å². The largest absolute Gasteiger partial charge is 0.348 e. The molecule has 1 saturated heterocycles. The minimum atomic E-state index is -3.76. The van der Waals surface area contributed by atoms with Crippen molar-refractivity contribution < 1.29 is 18.0 Å². The number of anilines is 1. The van der Waals surface area contributed by atoms with Crippen LogP contribution in [0.4, 0.5) is 5.69 Å². The van der Waals surface area contributed by atoms with Gasteiger partial charge in [0, 0.05) is 37.3 Å². The summed E-state index contributed by atoms with van der Waals surface area (Å²) in [4.78, 5) is 26.3. The van der Waals surface area contributed by atoms with Crippen LogP contribution in [0.2, 0.25) is 0 Å². The quantitative estimate of drug-likeness (QED) is 0.536. The predicted molar refractivity (Wildman–Crippen MR) is 126 cm³/mol. The van der Waals surface area contributed by atoms with E-state index in [4.69, 9.17) is 0 Å². The third-order valence-electron chi connectivity index (χ3n) is 5.49. The minimum absolute atomic E-state index is 0.0331. The van der Waals surface area contributed by atoms with Gasteiger partial charge in [0.05, 0.1) is 4.90 Å². The molecule has 0 radical (unpaired) electrons. The zero-order chi connectivity index (χ0) is 23.3. The van der Waals surface area contributed by atoms with Crippen molar-refractivity contribution in [2.24, 2.45) is 0 Å². The Hall–Kier alpha value is -3.49. The van der Waals surface area contributed by atoms with E-state index in [2.05, 4.69) is 10.0 Å². The maximum atomic E-state index is 12.7. The number of hydrogen-bond acceptors (Lipinski definition) is 4. The third-order valence-corrected chi connectivity index (χ3v) is 6.89. The first kappa shape index (κ1) is 22.7. The van der Waals surface area contributed by atoms with Crippen molar-refractivity contribution in [1.29, 1.82) is 0 Å². The summed E-state index contributed by atoms with van der Waals surface area (Å²) in [5, 5.41) is 2.81. The molecule has 7 nitrogen and oxygen atoms in total. The molecule has 2 amide bonds. The lowest BCUT2D eigenvalue weighted by Gasteiger charge is -2.16. The number of nitrogens with one attached hydrogen (secondary N) is 2. The number of carbonyl (C=O) groups excluding carboxylic acids is 2. The van der Waals surface area contributed by atoms with Gasteiger partial charge in [-0.1, -0.05) is 48.5 Å². The van der Waals surface area contributed by atoms with Gasteiger partial charge < -0.3 is 10.2 Å². The number of sulfonamides is 1. The first-order valence-electron chi connectivity index (χ1n) is 10.7. The molecule has 0 saturated carbocycles. The van der Waals surface area contributed by atoms with Crippen molar-refractivity contribution in [2.75, 3.05) is 11.4 Å². The normalized spacial score (nSPS) is 13.8. The lowest BCUT2D eigenvalue weighted by molar-refractivity contribution is -0.117. The van der Waals surface area contributed by atoms with Crippen molar-refractivity contribution in [3.05, 3.63) is 95.6 Å². The summed E-state index contributed by atoms with van der Waals surface area (Å²) in [7, 11) is -3.76. The summed E-state index contributed by atoms with van der Waals surface area (Å²) in [6.45, 7) is 1.18. The van der Waals surface area contributed by atoms with E-state index in [1.54, 1.807) is 17.0 Å². The van der Waals surface area contributed by atoms with Gasteiger partial charge in [0.25, 0.3) is 5.91 Å². The van der Waals surface area contributed by atoms with Crippen molar-refractivity contribution in [1.82, 2.24) is 10.0 Å². The summed E-state index contributed by atoms with van der Waals surface area (Å²) < 4.78 is 27.9. The van der Waals surface area contributed by atoms with Gasteiger partial charge in [-0.25, -0.2) is 13.1 Å². The van der Waals surface area contributed by atoms with Gasteiger partial charge in [0.2, 0.25) is 15.9 Å². The fraction of sp³-hybridized carbons (Fsp3) is 0.200. The molecule has 0 spiro atoms. The van der Waals surface area contributed by atoms with E-state index in [0.29, 0.717) is 6.42 Å². The molecular weight excluding hydrogens is 438 g/mol. The zero-order valence-electron chi connectivity index (χ0n) is 18.0. The van der Waals surface area contributed by atoms with Crippen LogP contribution in [-0.4, -0.2) is 26.8 Å². The van der Waals surface area contributed by atoms with Gasteiger partial charge in [-0.15, -0.1) is 0 Å². The molecule has 170 valence electrons. The van der Waals surface area contributed by atoms with Crippen molar-refractivity contribution >= 4 is 27.5 Å². The van der Waals surface area contributed by atoms with Crippen LogP contribution in [0.5, 0.6) is 0 Å². The molecule has 2 N–H and O–H groups in total. The van der Waals surface area contributed by atoms with Crippen molar-refractivity contribution in [2.45, 2.75) is 30.8 Å². The first-order valence-corrected chi connectivity index (χ1v) is 12.2. The molecule has 0 bridgehead atoms.